The molecule has 0 heterocycles. The molecule has 1 aromatic carbocycles. The van der Waals surface area contributed by atoms with E-state index < -0.39 is 11.7 Å². The van der Waals surface area contributed by atoms with Gasteiger partial charge in [0.25, 0.3) is 0 Å². The molecule has 0 bridgehead atoms. The fraction of sp³-hybridized carbons (Fsp3) is 0.562. The molecule has 0 atom stereocenters. The minimum absolute atomic E-state index is 0.0211. The van der Waals surface area contributed by atoms with E-state index in [1.54, 1.807) is 0 Å². The van der Waals surface area contributed by atoms with E-state index in [2.05, 4.69) is 5.32 Å². The number of ether oxygens (including phenoxy) is 2. The minimum atomic E-state index is -4.49. The van der Waals surface area contributed by atoms with Crippen molar-refractivity contribution in [1.82, 2.24) is 0 Å². The number of carbonyl (C=O) groups is 1. The zero-order valence-electron chi connectivity index (χ0n) is 13.5. The van der Waals surface area contributed by atoms with Gasteiger partial charge in [-0.25, -0.2) is 0 Å². The standard InChI is InChI=1S/C16H22F3NO3/c1-4-11(5-2)15(21)20-13-10-12(16(17,18)19)6-7-14(13)23-9-8-22-3/h6-7,10-11H,4-5,8-9H2,1-3H3,(H,20,21). The Balaban J connectivity index is 3.04. The van der Waals surface area contributed by atoms with E-state index in [-0.39, 0.29) is 29.9 Å². The van der Waals surface area contributed by atoms with Crippen molar-refractivity contribution in [1.29, 1.82) is 0 Å². The molecule has 0 aliphatic carbocycles. The van der Waals surface area contributed by atoms with E-state index in [1.807, 2.05) is 13.8 Å². The van der Waals surface area contributed by atoms with E-state index in [1.165, 1.54) is 13.2 Å². The van der Waals surface area contributed by atoms with Gasteiger partial charge >= 0.3 is 6.18 Å². The van der Waals surface area contributed by atoms with Crippen molar-refractivity contribution in [3.8, 4) is 5.75 Å². The molecule has 130 valence electrons. The number of methoxy groups -OCH3 is 1. The maximum atomic E-state index is 12.9. The number of nitrogens with one attached hydrogen (secondary N) is 1. The summed E-state index contributed by atoms with van der Waals surface area (Å²) in [7, 11) is 1.49. The molecule has 1 rings (SSSR count). The highest BCUT2D eigenvalue weighted by molar-refractivity contribution is 5.94. The fourth-order valence-corrected chi connectivity index (χ4v) is 2.06. The summed E-state index contributed by atoms with van der Waals surface area (Å²) in [6.45, 7) is 4.18. The van der Waals surface area contributed by atoms with Crippen molar-refractivity contribution in [3.63, 3.8) is 0 Å². The highest BCUT2D eigenvalue weighted by Gasteiger charge is 2.31. The molecule has 1 amide bonds. The van der Waals surface area contributed by atoms with Crippen molar-refractivity contribution in [2.24, 2.45) is 5.92 Å². The molecule has 0 aromatic heterocycles. The van der Waals surface area contributed by atoms with Crippen molar-refractivity contribution in [2.75, 3.05) is 25.6 Å². The van der Waals surface area contributed by atoms with Gasteiger partial charge in [0.15, 0.2) is 0 Å². The van der Waals surface area contributed by atoms with Gasteiger partial charge in [0.2, 0.25) is 5.91 Å². The van der Waals surface area contributed by atoms with Crippen molar-refractivity contribution >= 4 is 11.6 Å². The van der Waals surface area contributed by atoms with Crippen LogP contribution in [0.3, 0.4) is 0 Å². The maximum absolute atomic E-state index is 12.9. The summed E-state index contributed by atoms with van der Waals surface area (Å²) in [4.78, 5) is 12.1. The average molecular weight is 333 g/mol. The first-order valence-corrected chi connectivity index (χ1v) is 7.47. The van der Waals surface area contributed by atoms with Crippen LogP contribution in [0.15, 0.2) is 18.2 Å². The van der Waals surface area contributed by atoms with Gasteiger partial charge in [0.1, 0.15) is 12.4 Å². The largest absolute Gasteiger partial charge is 0.489 e. The number of carbonyl (C=O) groups excluding carboxylic acids is 1. The molecule has 1 aromatic rings. The zero-order valence-corrected chi connectivity index (χ0v) is 13.5. The second kappa shape index (κ2) is 8.76. The molecule has 0 radical (unpaired) electrons. The Labute approximate surface area is 134 Å². The highest BCUT2D eigenvalue weighted by Crippen LogP contribution is 2.35. The van der Waals surface area contributed by atoms with Gasteiger partial charge in [-0.15, -0.1) is 0 Å². The maximum Gasteiger partial charge on any atom is 0.416 e. The number of anilines is 1. The summed E-state index contributed by atoms with van der Waals surface area (Å²) in [6.07, 6.45) is -3.26. The first-order valence-electron chi connectivity index (χ1n) is 7.47. The van der Waals surface area contributed by atoms with Crippen LogP contribution in [0.5, 0.6) is 5.75 Å². The lowest BCUT2D eigenvalue weighted by Crippen LogP contribution is -2.22. The topological polar surface area (TPSA) is 47.6 Å². The van der Waals surface area contributed by atoms with Crippen LogP contribution in [0.4, 0.5) is 18.9 Å². The SMILES string of the molecule is CCC(CC)C(=O)Nc1cc(C(F)(F)F)ccc1OCCOC. The highest BCUT2D eigenvalue weighted by atomic mass is 19.4. The molecule has 0 saturated heterocycles. The van der Waals surface area contributed by atoms with Crippen LogP contribution in [0.1, 0.15) is 32.3 Å². The molecular weight excluding hydrogens is 311 g/mol. The van der Waals surface area contributed by atoms with E-state index in [0.717, 1.165) is 12.1 Å². The second-order valence-corrected chi connectivity index (χ2v) is 5.05. The third-order valence-corrected chi connectivity index (χ3v) is 3.47. The second-order valence-electron chi connectivity index (χ2n) is 5.05. The van der Waals surface area contributed by atoms with Crippen LogP contribution < -0.4 is 10.1 Å². The summed E-state index contributed by atoms with van der Waals surface area (Å²) < 4.78 is 48.8. The summed E-state index contributed by atoms with van der Waals surface area (Å²) in [5.74, 6) is -0.378. The summed E-state index contributed by atoms with van der Waals surface area (Å²) in [5, 5.41) is 2.55. The molecule has 4 nitrogen and oxygen atoms in total. The Morgan fingerprint density at radius 2 is 1.87 bits per heavy atom. The number of hydrogen-bond donors (Lipinski definition) is 1. The van der Waals surface area contributed by atoms with Gasteiger partial charge in [0, 0.05) is 13.0 Å². The fourth-order valence-electron chi connectivity index (χ4n) is 2.06. The molecule has 23 heavy (non-hydrogen) atoms. The van der Waals surface area contributed by atoms with Crippen molar-refractivity contribution < 1.29 is 27.4 Å². The van der Waals surface area contributed by atoms with Crippen LogP contribution in [-0.4, -0.2) is 26.2 Å². The van der Waals surface area contributed by atoms with Crippen molar-refractivity contribution in [2.45, 2.75) is 32.9 Å². The van der Waals surface area contributed by atoms with Gasteiger partial charge in [0.05, 0.1) is 17.9 Å². The lowest BCUT2D eigenvalue weighted by atomic mass is 10.0. The quantitative estimate of drug-likeness (QED) is 0.729. The van der Waals surface area contributed by atoms with Crippen LogP contribution in [0.25, 0.3) is 0 Å². The molecule has 0 aliphatic heterocycles. The van der Waals surface area contributed by atoms with Crippen LogP contribution >= 0.6 is 0 Å². The van der Waals surface area contributed by atoms with Crippen LogP contribution in [0, 0.1) is 5.92 Å². The van der Waals surface area contributed by atoms with Gasteiger partial charge in [-0.2, -0.15) is 13.2 Å². The van der Waals surface area contributed by atoms with E-state index >= 15 is 0 Å². The Kier molecular flexibility index (Phi) is 7.35. The van der Waals surface area contributed by atoms with E-state index in [4.69, 9.17) is 9.47 Å². The number of benzene rings is 1. The van der Waals surface area contributed by atoms with E-state index in [0.29, 0.717) is 19.4 Å². The lowest BCUT2D eigenvalue weighted by Gasteiger charge is -2.17. The Bertz CT molecular complexity index is 514. The predicted molar refractivity (Wildman–Crippen MR) is 81.5 cm³/mol. The van der Waals surface area contributed by atoms with Crippen LogP contribution in [-0.2, 0) is 15.7 Å². The van der Waals surface area contributed by atoms with E-state index in [9.17, 15) is 18.0 Å². The first kappa shape index (κ1) is 19.3. The van der Waals surface area contributed by atoms with Crippen LogP contribution in [0.2, 0.25) is 0 Å². The third-order valence-electron chi connectivity index (χ3n) is 3.47. The smallest absolute Gasteiger partial charge is 0.416 e. The molecule has 0 fully saturated rings. The Morgan fingerprint density at radius 1 is 1.22 bits per heavy atom. The molecule has 7 heteroatoms. The molecule has 1 N–H and O–H groups in total. The first-order chi connectivity index (χ1) is 10.8. The number of hydrogen-bond acceptors (Lipinski definition) is 3. The predicted octanol–water partition coefficient (Wildman–Crippen LogP) is 4.11. The summed E-state index contributed by atoms with van der Waals surface area (Å²) >= 11 is 0. The molecule has 0 spiro atoms. The zero-order chi connectivity index (χ0) is 17.5. The number of alkyl halides is 3. The minimum Gasteiger partial charge on any atom is -0.489 e. The van der Waals surface area contributed by atoms with Gasteiger partial charge in [-0.1, -0.05) is 13.8 Å². The Morgan fingerprint density at radius 3 is 2.39 bits per heavy atom. The Hall–Kier alpha value is -1.76. The molecular formula is C16H22F3NO3. The van der Waals surface area contributed by atoms with Crippen molar-refractivity contribution in [3.05, 3.63) is 23.8 Å². The number of halogens is 3. The normalized spacial score (nSPS) is 11.6. The van der Waals surface area contributed by atoms with Gasteiger partial charge in [-0.05, 0) is 31.0 Å². The average Bonchev–Trinajstić information content (AvgIpc) is 2.49. The number of amides is 1. The summed E-state index contributed by atoms with van der Waals surface area (Å²) in [6, 6.07) is 3.03. The van der Waals surface area contributed by atoms with Gasteiger partial charge < -0.3 is 14.8 Å². The monoisotopic (exact) mass is 333 g/mol. The van der Waals surface area contributed by atoms with Gasteiger partial charge in [-0.3, -0.25) is 4.79 Å². The molecule has 0 aliphatic rings. The molecule has 0 unspecified atom stereocenters. The molecule has 0 saturated carbocycles. The number of rotatable bonds is 8. The lowest BCUT2D eigenvalue weighted by molar-refractivity contribution is -0.137. The third kappa shape index (κ3) is 5.74. The summed E-state index contributed by atoms with van der Waals surface area (Å²) in [5.41, 5.74) is -0.815.